The van der Waals surface area contributed by atoms with Gasteiger partial charge in [-0.05, 0) is 50.1 Å². The Morgan fingerprint density at radius 1 is 1.05 bits per heavy atom. The molecule has 0 aliphatic carbocycles. The van der Waals surface area contributed by atoms with Gasteiger partial charge >= 0.3 is 0 Å². The van der Waals surface area contributed by atoms with Crippen molar-refractivity contribution in [3.63, 3.8) is 0 Å². The number of hydrogen-bond acceptors (Lipinski definition) is 2. The molecule has 0 amide bonds. The normalized spacial score (nSPS) is 13.1. The molecule has 0 fully saturated rings. The Labute approximate surface area is 141 Å². The molecule has 0 aliphatic rings. The highest BCUT2D eigenvalue weighted by atomic mass is 35.5. The fourth-order valence-electron chi connectivity index (χ4n) is 2.27. The Hall–Kier alpha value is -1.07. The van der Waals surface area contributed by atoms with Gasteiger partial charge in [0.2, 0.25) is 10.0 Å². The van der Waals surface area contributed by atoms with Crippen LogP contribution in [0.2, 0.25) is 10.0 Å². The van der Waals surface area contributed by atoms with E-state index in [1.807, 2.05) is 32.0 Å². The third kappa shape index (κ3) is 3.82. The summed E-state index contributed by atoms with van der Waals surface area (Å²) in [7, 11) is -3.76. The van der Waals surface area contributed by atoms with Crippen LogP contribution in [0, 0.1) is 13.8 Å². The van der Waals surface area contributed by atoms with Gasteiger partial charge in [0, 0.05) is 11.1 Å². The molecular formula is C16H17Cl2NO2S. The van der Waals surface area contributed by atoms with E-state index in [1.165, 1.54) is 12.1 Å². The van der Waals surface area contributed by atoms with Gasteiger partial charge in [0.25, 0.3) is 0 Å². The second kappa shape index (κ2) is 6.59. The van der Waals surface area contributed by atoms with Crippen molar-refractivity contribution in [2.75, 3.05) is 0 Å². The zero-order valence-corrected chi connectivity index (χ0v) is 14.9. The summed E-state index contributed by atoms with van der Waals surface area (Å²) in [4.78, 5) is -0.0150. The van der Waals surface area contributed by atoms with E-state index in [0.717, 1.165) is 16.7 Å². The Morgan fingerprint density at radius 3 is 2.41 bits per heavy atom. The molecular weight excluding hydrogens is 341 g/mol. The van der Waals surface area contributed by atoms with Crippen molar-refractivity contribution >= 4 is 33.2 Å². The van der Waals surface area contributed by atoms with Gasteiger partial charge in [0.1, 0.15) is 4.90 Å². The summed E-state index contributed by atoms with van der Waals surface area (Å²) >= 11 is 11.9. The van der Waals surface area contributed by atoms with Crippen molar-refractivity contribution in [2.24, 2.45) is 0 Å². The number of aryl methyl sites for hydroxylation is 2. The lowest BCUT2D eigenvalue weighted by Gasteiger charge is -2.18. The van der Waals surface area contributed by atoms with E-state index in [4.69, 9.17) is 23.2 Å². The summed E-state index contributed by atoms with van der Waals surface area (Å²) in [5.41, 5.74) is 3.03. The van der Waals surface area contributed by atoms with Crippen molar-refractivity contribution in [1.29, 1.82) is 0 Å². The van der Waals surface area contributed by atoms with Crippen LogP contribution in [0.15, 0.2) is 41.3 Å². The summed E-state index contributed by atoms with van der Waals surface area (Å²) in [5, 5.41) is 0.467. The molecule has 22 heavy (non-hydrogen) atoms. The number of sulfonamides is 1. The molecule has 0 bridgehead atoms. The van der Waals surface area contributed by atoms with Crippen LogP contribution < -0.4 is 4.72 Å². The lowest BCUT2D eigenvalue weighted by atomic mass is 10.0. The summed E-state index contributed by atoms with van der Waals surface area (Å²) in [5.74, 6) is 0. The third-order valence-electron chi connectivity index (χ3n) is 3.42. The molecule has 0 aliphatic heterocycles. The lowest BCUT2D eigenvalue weighted by molar-refractivity contribution is 0.566. The van der Waals surface area contributed by atoms with Crippen molar-refractivity contribution in [1.82, 2.24) is 4.72 Å². The molecule has 1 unspecified atom stereocenters. The van der Waals surface area contributed by atoms with Crippen molar-refractivity contribution in [2.45, 2.75) is 31.7 Å². The predicted octanol–water partition coefficient (Wildman–Crippen LogP) is 4.65. The maximum absolute atomic E-state index is 12.5. The van der Waals surface area contributed by atoms with Crippen LogP contribution in [0.3, 0.4) is 0 Å². The molecule has 0 heterocycles. The molecule has 0 saturated heterocycles. The minimum atomic E-state index is -3.76. The molecule has 1 N–H and O–H groups in total. The topological polar surface area (TPSA) is 46.2 Å². The summed E-state index contributed by atoms with van der Waals surface area (Å²) in [6, 6.07) is 9.94. The van der Waals surface area contributed by atoms with Gasteiger partial charge < -0.3 is 0 Å². The van der Waals surface area contributed by atoms with Crippen molar-refractivity contribution in [3.05, 3.63) is 63.1 Å². The van der Waals surface area contributed by atoms with Gasteiger partial charge in [-0.3, -0.25) is 0 Å². The van der Waals surface area contributed by atoms with E-state index < -0.39 is 10.0 Å². The first-order valence-corrected chi connectivity index (χ1v) is 8.99. The maximum Gasteiger partial charge on any atom is 0.242 e. The zero-order valence-electron chi connectivity index (χ0n) is 12.5. The van der Waals surface area contributed by atoms with Crippen LogP contribution in [0.4, 0.5) is 0 Å². The quantitative estimate of drug-likeness (QED) is 0.865. The first-order valence-electron chi connectivity index (χ1n) is 6.75. The molecule has 1 atom stereocenters. The molecule has 0 saturated carbocycles. The number of benzene rings is 2. The maximum atomic E-state index is 12.5. The van der Waals surface area contributed by atoms with Crippen LogP contribution in [0.25, 0.3) is 0 Å². The Kier molecular flexibility index (Phi) is 5.17. The van der Waals surface area contributed by atoms with Gasteiger partial charge in [0.05, 0.1) is 5.02 Å². The molecule has 2 rings (SSSR count). The Balaban J connectivity index is 2.36. The number of halogens is 2. The van der Waals surface area contributed by atoms with Crippen LogP contribution in [0.5, 0.6) is 0 Å². The van der Waals surface area contributed by atoms with Gasteiger partial charge in [0.15, 0.2) is 0 Å². The van der Waals surface area contributed by atoms with Crippen molar-refractivity contribution in [3.8, 4) is 0 Å². The lowest BCUT2D eigenvalue weighted by Crippen LogP contribution is -2.27. The highest BCUT2D eigenvalue weighted by molar-refractivity contribution is 7.89. The minimum Gasteiger partial charge on any atom is -0.207 e. The van der Waals surface area contributed by atoms with Gasteiger partial charge in [-0.15, -0.1) is 0 Å². The van der Waals surface area contributed by atoms with Crippen LogP contribution in [-0.4, -0.2) is 8.42 Å². The molecule has 0 spiro atoms. The van der Waals surface area contributed by atoms with E-state index in [9.17, 15) is 8.42 Å². The number of hydrogen-bond donors (Lipinski definition) is 1. The molecule has 0 radical (unpaired) electrons. The summed E-state index contributed by atoms with van der Waals surface area (Å²) in [6.45, 7) is 5.72. The van der Waals surface area contributed by atoms with Crippen LogP contribution in [0.1, 0.15) is 29.7 Å². The van der Waals surface area contributed by atoms with E-state index in [2.05, 4.69) is 4.72 Å². The first kappa shape index (κ1) is 17.3. The monoisotopic (exact) mass is 357 g/mol. The van der Waals surface area contributed by atoms with Crippen molar-refractivity contribution < 1.29 is 8.42 Å². The van der Waals surface area contributed by atoms with Crippen LogP contribution >= 0.6 is 23.2 Å². The first-order chi connectivity index (χ1) is 10.2. The largest absolute Gasteiger partial charge is 0.242 e. The van der Waals surface area contributed by atoms with E-state index >= 15 is 0 Å². The molecule has 118 valence electrons. The standard InChI is InChI=1S/C16H17Cl2NO2S/c1-10-4-5-11(2)14(8-10)12(3)19-22(20,21)16-9-13(17)6-7-15(16)18/h4-9,12,19H,1-3H3. The van der Waals surface area contributed by atoms with E-state index in [0.29, 0.717) is 5.02 Å². The molecule has 0 aromatic heterocycles. The van der Waals surface area contributed by atoms with E-state index in [-0.39, 0.29) is 16.0 Å². The third-order valence-corrected chi connectivity index (χ3v) is 5.67. The molecule has 2 aromatic rings. The highest BCUT2D eigenvalue weighted by Crippen LogP contribution is 2.27. The second-order valence-electron chi connectivity index (χ2n) is 5.28. The predicted molar refractivity (Wildman–Crippen MR) is 91.1 cm³/mol. The molecule has 6 heteroatoms. The Morgan fingerprint density at radius 2 is 1.73 bits per heavy atom. The average Bonchev–Trinajstić information content (AvgIpc) is 2.43. The summed E-state index contributed by atoms with van der Waals surface area (Å²) in [6.07, 6.45) is 0. The number of rotatable bonds is 4. The highest BCUT2D eigenvalue weighted by Gasteiger charge is 2.22. The average molecular weight is 358 g/mol. The SMILES string of the molecule is Cc1ccc(C)c(C(C)NS(=O)(=O)c2cc(Cl)ccc2Cl)c1. The smallest absolute Gasteiger partial charge is 0.207 e. The second-order valence-corrected chi connectivity index (χ2v) is 7.80. The fraction of sp³-hybridized carbons (Fsp3) is 0.250. The van der Waals surface area contributed by atoms with Crippen LogP contribution in [-0.2, 0) is 10.0 Å². The minimum absolute atomic E-state index is 0.0150. The van der Waals surface area contributed by atoms with E-state index in [1.54, 1.807) is 13.0 Å². The number of nitrogens with one attached hydrogen (secondary N) is 1. The molecule has 3 nitrogen and oxygen atoms in total. The molecule has 2 aromatic carbocycles. The van der Waals surface area contributed by atoms with Gasteiger partial charge in [-0.25, -0.2) is 13.1 Å². The Bertz CT molecular complexity index is 804. The zero-order chi connectivity index (χ0) is 16.5. The summed E-state index contributed by atoms with van der Waals surface area (Å²) < 4.78 is 27.7. The van der Waals surface area contributed by atoms with Gasteiger partial charge in [-0.1, -0.05) is 47.0 Å². The van der Waals surface area contributed by atoms with Gasteiger partial charge in [-0.2, -0.15) is 0 Å². The fourth-order valence-corrected chi connectivity index (χ4v) is 4.25.